The Hall–Kier alpha value is -1.68. The van der Waals surface area contributed by atoms with E-state index < -0.39 is 26.1 Å². The molecule has 114 valence electrons. The molecule has 5 nitrogen and oxygen atoms in total. The number of sulfone groups is 1. The van der Waals surface area contributed by atoms with E-state index in [4.69, 9.17) is 0 Å². The van der Waals surface area contributed by atoms with Gasteiger partial charge in [0.05, 0.1) is 10.8 Å². The van der Waals surface area contributed by atoms with Crippen molar-refractivity contribution in [3.05, 3.63) is 35.4 Å². The molecule has 10 heteroatoms. The third-order valence-corrected chi connectivity index (χ3v) is 4.73. The Labute approximate surface area is 122 Å². The molecule has 21 heavy (non-hydrogen) atoms. The molecule has 1 aliphatic rings. The highest BCUT2D eigenvalue weighted by atomic mass is 32.2. The van der Waals surface area contributed by atoms with Crippen molar-refractivity contribution in [2.24, 2.45) is 0 Å². The fourth-order valence-corrected chi connectivity index (χ4v) is 2.91. The highest BCUT2D eigenvalue weighted by Crippen LogP contribution is 2.30. The maximum atomic E-state index is 12.4. The minimum atomic E-state index is -5.38. The number of alkyl halides is 3. The second-order valence-corrected chi connectivity index (χ2v) is 6.75. The van der Waals surface area contributed by atoms with E-state index in [9.17, 15) is 26.4 Å². The number of nitrogens with one attached hydrogen (secondary N) is 2. The summed E-state index contributed by atoms with van der Waals surface area (Å²) in [5.74, 6) is 0.109. The average Bonchev–Trinajstić information content (AvgIpc) is 2.92. The number of benzene rings is 1. The first-order valence-electron chi connectivity index (χ1n) is 5.50. The zero-order valence-corrected chi connectivity index (χ0v) is 11.9. The van der Waals surface area contributed by atoms with Crippen LogP contribution in [0.4, 0.5) is 18.9 Å². The van der Waals surface area contributed by atoms with Gasteiger partial charge in [0.25, 0.3) is 15.7 Å². The van der Waals surface area contributed by atoms with Gasteiger partial charge in [-0.3, -0.25) is 4.79 Å². The number of halogens is 3. The van der Waals surface area contributed by atoms with E-state index in [2.05, 4.69) is 10.6 Å². The van der Waals surface area contributed by atoms with Crippen molar-refractivity contribution in [2.45, 2.75) is 10.4 Å². The van der Waals surface area contributed by atoms with Gasteiger partial charge < -0.3 is 10.6 Å². The summed E-state index contributed by atoms with van der Waals surface area (Å²) >= 11 is 1.39. The lowest BCUT2D eigenvalue weighted by atomic mass is 10.3. The zero-order valence-electron chi connectivity index (χ0n) is 10.3. The van der Waals surface area contributed by atoms with Gasteiger partial charge in [-0.1, -0.05) is 0 Å². The molecule has 1 heterocycles. The van der Waals surface area contributed by atoms with Crippen LogP contribution in [0.2, 0.25) is 0 Å². The van der Waals surface area contributed by atoms with Crippen LogP contribution < -0.4 is 10.6 Å². The Bertz CT molecular complexity index is 682. The van der Waals surface area contributed by atoms with Gasteiger partial charge in [-0.15, -0.1) is 11.8 Å². The zero-order chi connectivity index (χ0) is 15.7. The van der Waals surface area contributed by atoms with Crippen LogP contribution in [0.15, 0.2) is 40.3 Å². The summed E-state index contributed by atoms with van der Waals surface area (Å²) in [6.45, 7) is 0. The fraction of sp³-hybridized carbons (Fsp3) is 0.182. The predicted molar refractivity (Wildman–Crippen MR) is 72.0 cm³/mol. The second-order valence-electron chi connectivity index (χ2n) is 3.95. The van der Waals surface area contributed by atoms with Gasteiger partial charge >= 0.3 is 5.51 Å². The number of carbonyl (C=O) groups is 1. The van der Waals surface area contributed by atoms with Crippen molar-refractivity contribution >= 4 is 33.2 Å². The molecule has 1 aliphatic heterocycles. The molecule has 1 amide bonds. The van der Waals surface area contributed by atoms with E-state index in [0.717, 1.165) is 24.3 Å². The van der Waals surface area contributed by atoms with Gasteiger partial charge in [-0.05, 0) is 24.3 Å². The first-order chi connectivity index (χ1) is 9.72. The molecule has 1 aromatic carbocycles. The van der Waals surface area contributed by atoms with E-state index >= 15 is 0 Å². The fourth-order valence-electron chi connectivity index (χ4n) is 1.47. The Morgan fingerprint density at radius 2 is 1.86 bits per heavy atom. The third-order valence-electron chi connectivity index (χ3n) is 2.52. The quantitative estimate of drug-likeness (QED) is 0.882. The monoisotopic (exact) mass is 338 g/mol. The Kier molecular flexibility index (Phi) is 4.19. The Balaban J connectivity index is 2.15. The Morgan fingerprint density at radius 3 is 2.33 bits per heavy atom. The van der Waals surface area contributed by atoms with Crippen molar-refractivity contribution in [1.29, 1.82) is 0 Å². The smallest absolute Gasteiger partial charge is 0.371 e. The molecule has 2 N–H and O–H groups in total. The Morgan fingerprint density at radius 1 is 1.24 bits per heavy atom. The molecular formula is C11H9F3N2O3S2. The molecule has 0 radical (unpaired) electrons. The van der Waals surface area contributed by atoms with Crippen LogP contribution >= 0.6 is 11.8 Å². The second kappa shape index (κ2) is 5.60. The largest absolute Gasteiger partial charge is 0.501 e. The summed E-state index contributed by atoms with van der Waals surface area (Å²) in [6.07, 6.45) is 0. The molecule has 2 rings (SSSR count). The molecule has 0 spiro atoms. The van der Waals surface area contributed by atoms with Gasteiger partial charge in [-0.25, -0.2) is 8.42 Å². The maximum Gasteiger partial charge on any atom is 0.501 e. The topological polar surface area (TPSA) is 75.3 Å². The molecule has 0 bridgehead atoms. The summed E-state index contributed by atoms with van der Waals surface area (Å²) in [5, 5.41) is 6.85. The van der Waals surface area contributed by atoms with Crippen LogP contribution in [-0.4, -0.2) is 25.7 Å². The summed E-state index contributed by atoms with van der Waals surface area (Å²) in [7, 11) is -5.38. The molecule has 0 saturated heterocycles. The molecule has 0 aliphatic carbocycles. The lowest BCUT2D eigenvalue weighted by Gasteiger charge is -2.09. The van der Waals surface area contributed by atoms with Crippen molar-refractivity contribution in [3.63, 3.8) is 0 Å². The van der Waals surface area contributed by atoms with Gasteiger partial charge in [-0.2, -0.15) is 13.2 Å². The number of hydrogen-bond acceptors (Lipinski definition) is 5. The number of rotatable bonds is 3. The molecule has 0 atom stereocenters. The third kappa shape index (κ3) is 3.32. The summed E-state index contributed by atoms with van der Waals surface area (Å²) in [5.41, 5.74) is -4.82. The van der Waals surface area contributed by atoms with E-state index in [-0.39, 0.29) is 5.69 Å². The van der Waals surface area contributed by atoms with Crippen LogP contribution in [0, 0.1) is 0 Å². The van der Waals surface area contributed by atoms with Crippen LogP contribution in [0.5, 0.6) is 0 Å². The van der Waals surface area contributed by atoms with Gasteiger partial charge in [0, 0.05) is 11.1 Å². The highest BCUT2D eigenvalue weighted by molar-refractivity contribution is 8.02. The van der Waals surface area contributed by atoms with E-state index in [1.807, 2.05) is 0 Å². The number of amides is 1. The van der Waals surface area contributed by atoms with Crippen molar-refractivity contribution in [1.82, 2.24) is 5.32 Å². The molecule has 1 aromatic rings. The highest BCUT2D eigenvalue weighted by Gasteiger charge is 2.46. The summed E-state index contributed by atoms with van der Waals surface area (Å²) < 4.78 is 59.4. The van der Waals surface area contributed by atoms with Crippen molar-refractivity contribution in [3.8, 4) is 0 Å². The van der Waals surface area contributed by atoms with Crippen molar-refractivity contribution in [2.75, 3.05) is 11.2 Å². The van der Waals surface area contributed by atoms with Gasteiger partial charge in [0.1, 0.15) is 5.70 Å². The standard InChI is InChI=1S/C11H9F3N2O3S2/c12-11(13,14)21(18,19)8-3-1-7(2-4-8)16-10(17)9-5-20-6-15-9/h1-5,15H,6H2,(H,16,17). The average molecular weight is 338 g/mol. The van der Waals surface area contributed by atoms with Gasteiger partial charge in [0.15, 0.2) is 0 Å². The molecule has 0 fully saturated rings. The SMILES string of the molecule is O=C(Nc1ccc(S(=O)(=O)C(F)(F)F)cc1)C1=CSCN1. The lowest BCUT2D eigenvalue weighted by Crippen LogP contribution is -2.24. The van der Waals surface area contributed by atoms with Crippen LogP contribution in [0.25, 0.3) is 0 Å². The molecular weight excluding hydrogens is 329 g/mol. The van der Waals surface area contributed by atoms with E-state index in [1.165, 1.54) is 11.8 Å². The molecule has 0 saturated carbocycles. The molecule has 0 aromatic heterocycles. The summed E-state index contributed by atoms with van der Waals surface area (Å²) in [6, 6.07) is 3.78. The summed E-state index contributed by atoms with van der Waals surface area (Å²) in [4.78, 5) is 10.8. The first-order valence-corrected chi connectivity index (χ1v) is 8.03. The van der Waals surface area contributed by atoms with Gasteiger partial charge in [0.2, 0.25) is 0 Å². The molecule has 0 unspecified atom stereocenters. The number of hydrogen-bond donors (Lipinski definition) is 2. The van der Waals surface area contributed by atoms with Crippen LogP contribution in [0.1, 0.15) is 0 Å². The maximum absolute atomic E-state index is 12.4. The van der Waals surface area contributed by atoms with Crippen LogP contribution in [-0.2, 0) is 14.6 Å². The normalized spacial score (nSPS) is 15.3. The first kappa shape index (κ1) is 15.7. The van der Waals surface area contributed by atoms with Crippen molar-refractivity contribution < 1.29 is 26.4 Å². The predicted octanol–water partition coefficient (Wildman–Crippen LogP) is 2.05. The van der Waals surface area contributed by atoms with E-state index in [0.29, 0.717) is 11.6 Å². The number of carbonyl (C=O) groups excluding carboxylic acids is 1. The lowest BCUT2D eigenvalue weighted by molar-refractivity contribution is -0.113. The minimum absolute atomic E-state index is 0.195. The van der Waals surface area contributed by atoms with E-state index in [1.54, 1.807) is 5.41 Å². The number of thioether (sulfide) groups is 1. The van der Waals surface area contributed by atoms with Crippen LogP contribution in [0.3, 0.4) is 0 Å². The number of anilines is 1. The minimum Gasteiger partial charge on any atom is -0.371 e.